The number of thiazole rings is 1. The number of hydrogen-bond acceptors (Lipinski definition) is 3. The average Bonchev–Trinajstić information content (AvgIpc) is 2.80. The number of aryl methyl sites for hydroxylation is 1. The van der Waals surface area contributed by atoms with E-state index in [0.717, 1.165) is 30.8 Å². The molecule has 4 aliphatic carbocycles. The highest BCUT2D eigenvalue weighted by Gasteiger charge is 2.53. The van der Waals surface area contributed by atoms with Crippen molar-refractivity contribution < 1.29 is 0 Å². The quantitative estimate of drug-likeness (QED) is 0.815. The van der Waals surface area contributed by atoms with Crippen molar-refractivity contribution in [1.82, 2.24) is 10.3 Å². The van der Waals surface area contributed by atoms with E-state index in [1.807, 2.05) is 11.3 Å². The van der Waals surface area contributed by atoms with Crippen LogP contribution in [0.4, 0.5) is 0 Å². The Morgan fingerprint density at radius 3 is 2.33 bits per heavy atom. The molecule has 0 unspecified atom stereocenters. The van der Waals surface area contributed by atoms with Crippen LogP contribution in [0.25, 0.3) is 0 Å². The lowest BCUT2D eigenvalue weighted by atomic mass is 9.50. The highest BCUT2D eigenvalue weighted by Crippen LogP contribution is 2.61. The van der Waals surface area contributed by atoms with Gasteiger partial charge in [-0.2, -0.15) is 0 Å². The molecule has 0 atom stereocenters. The topological polar surface area (TPSA) is 24.9 Å². The Balaban J connectivity index is 1.57. The van der Waals surface area contributed by atoms with Gasteiger partial charge in [-0.05, 0) is 76.2 Å². The summed E-state index contributed by atoms with van der Waals surface area (Å²) in [5.41, 5.74) is 1.77. The van der Waals surface area contributed by atoms with Crippen LogP contribution >= 0.6 is 11.3 Å². The van der Waals surface area contributed by atoms with Gasteiger partial charge in [0.2, 0.25) is 0 Å². The van der Waals surface area contributed by atoms with Crippen LogP contribution in [-0.2, 0) is 12.0 Å². The standard InChI is InChI=1S/C18H28N2S/c1-3-4-19-11-16-12(2)20-17(21-16)18-8-13-5-14(9-18)7-15(6-13)10-18/h13-15,19H,3-11H2,1-2H3. The minimum Gasteiger partial charge on any atom is -0.312 e. The molecule has 0 aliphatic heterocycles. The van der Waals surface area contributed by atoms with Crippen molar-refractivity contribution in [2.75, 3.05) is 6.54 Å². The summed E-state index contributed by atoms with van der Waals surface area (Å²) in [6, 6.07) is 0. The fraction of sp³-hybridized carbons (Fsp3) is 0.833. The predicted octanol–water partition coefficient (Wildman–Crippen LogP) is 4.42. The molecule has 1 aromatic heterocycles. The van der Waals surface area contributed by atoms with Crippen LogP contribution in [0.5, 0.6) is 0 Å². The Hall–Kier alpha value is -0.410. The fourth-order valence-corrected chi connectivity index (χ4v) is 6.82. The molecule has 1 aromatic rings. The van der Waals surface area contributed by atoms with Gasteiger partial charge in [-0.1, -0.05) is 6.92 Å². The van der Waals surface area contributed by atoms with E-state index in [2.05, 4.69) is 19.2 Å². The monoisotopic (exact) mass is 304 g/mol. The summed E-state index contributed by atoms with van der Waals surface area (Å²) in [4.78, 5) is 6.54. The third-order valence-electron chi connectivity index (χ3n) is 6.10. The number of aromatic nitrogens is 1. The Kier molecular flexibility index (Phi) is 3.61. The van der Waals surface area contributed by atoms with Gasteiger partial charge in [0, 0.05) is 16.8 Å². The number of nitrogens with one attached hydrogen (secondary N) is 1. The Morgan fingerprint density at radius 1 is 1.14 bits per heavy atom. The van der Waals surface area contributed by atoms with Crippen LogP contribution in [-0.4, -0.2) is 11.5 Å². The summed E-state index contributed by atoms with van der Waals surface area (Å²) < 4.78 is 0. The summed E-state index contributed by atoms with van der Waals surface area (Å²) in [6.07, 6.45) is 10.1. The molecule has 3 heteroatoms. The van der Waals surface area contributed by atoms with E-state index >= 15 is 0 Å². The lowest BCUT2D eigenvalue weighted by molar-refractivity contribution is -0.00531. The van der Waals surface area contributed by atoms with Crippen LogP contribution in [0.1, 0.15) is 67.4 Å². The van der Waals surface area contributed by atoms with Gasteiger partial charge < -0.3 is 5.32 Å². The highest BCUT2D eigenvalue weighted by molar-refractivity contribution is 7.11. The van der Waals surface area contributed by atoms with Crippen molar-refractivity contribution in [3.63, 3.8) is 0 Å². The molecule has 0 spiro atoms. The Labute approximate surface area is 132 Å². The van der Waals surface area contributed by atoms with E-state index in [4.69, 9.17) is 4.98 Å². The third kappa shape index (κ3) is 2.46. The first-order valence-corrected chi connectivity index (χ1v) is 9.67. The second-order valence-corrected chi connectivity index (χ2v) is 8.99. The molecule has 0 radical (unpaired) electrons. The van der Waals surface area contributed by atoms with Crippen LogP contribution in [0.3, 0.4) is 0 Å². The van der Waals surface area contributed by atoms with Crippen molar-refractivity contribution in [3.8, 4) is 0 Å². The molecule has 4 saturated carbocycles. The van der Waals surface area contributed by atoms with E-state index in [1.165, 1.54) is 60.5 Å². The maximum absolute atomic E-state index is 5.06. The van der Waals surface area contributed by atoms with Gasteiger partial charge in [0.25, 0.3) is 0 Å². The first-order valence-electron chi connectivity index (χ1n) is 8.86. The van der Waals surface area contributed by atoms with E-state index in [1.54, 1.807) is 0 Å². The Bertz CT molecular complexity index is 484. The van der Waals surface area contributed by atoms with E-state index in [0.29, 0.717) is 5.41 Å². The Morgan fingerprint density at radius 2 is 1.76 bits per heavy atom. The van der Waals surface area contributed by atoms with Crippen LogP contribution in [0.2, 0.25) is 0 Å². The highest BCUT2D eigenvalue weighted by atomic mass is 32.1. The van der Waals surface area contributed by atoms with Crippen LogP contribution in [0, 0.1) is 24.7 Å². The summed E-state index contributed by atoms with van der Waals surface area (Å²) in [5.74, 6) is 3.05. The van der Waals surface area contributed by atoms with E-state index < -0.39 is 0 Å². The van der Waals surface area contributed by atoms with Gasteiger partial charge in [0.05, 0.1) is 10.7 Å². The summed E-state index contributed by atoms with van der Waals surface area (Å²) >= 11 is 2.02. The van der Waals surface area contributed by atoms with Gasteiger partial charge >= 0.3 is 0 Å². The van der Waals surface area contributed by atoms with Crippen LogP contribution < -0.4 is 5.32 Å². The molecule has 1 N–H and O–H groups in total. The molecule has 4 fully saturated rings. The van der Waals surface area contributed by atoms with E-state index in [-0.39, 0.29) is 0 Å². The lowest BCUT2D eigenvalue weighted by Gasteiger charge is -2.56. The second kappa shape index (κ2) is 5.34. The van der Waals surface area contributed by atoms with Gasteiger partial charge in [-0.15, -0.1) is 11.3 Å². The fourth-order valence-electron chi connectivity index (χ4n) is 5.57. The molecule has 2 nitrogen and oxygen atoms in total. The molecular formula is C18H28N2S. The van der Waals surface area contributed by atoms with Crippen molar-refractivity contribution >= 4 is 11.3 Å². The largest absolute Gasteiger partial charge is 0.312 e. The molecule has 21 heavy (non-hydrogen) atoms. The maximum Gasteiger partial charge on any atom is 0.0993 e. The zero-order chi connectivity index (χ0) is 14.4. The van der Waals surface area contributed by atoms with Gasteiger partial charge in [-0.3, -0.25) is 0 Å². The molecule has 4 bridgehead atoms. The molecule has 4 aliphatic rings. The molecule has 5 rings (SSSR count). The first-order chi connectivity index (χ1) is 10.2. The molecular weight excluding hydrogens is 276 g/mol. The second-order valence-electron chi connectivity index (χ2n) is 7.90. The smallest absolute Gasteiger partial charge is 0.0993 e. The van der Waals surface area contributed by atoms with Crippen molar-refractivity contribution in [2.24, 2.45) is 17.8 Å². The first kappa shape index (κ1) is 14.2. The number of nitrogens with zero attached hydrogens (tertiary/aromatic N) is 1. The molecule has 0 amide bonds. The summed E-state index contributed by atoms with van der Waals surface area (Å²) in [6.45, 7) is 6.57. The van der Waals surface area contributed by atoms with Crippen LogP contribution in [0.15, 0.2) is 0 Å². The summed E-state index contributed by atoms with van der Waals surface area (Å²) in [5, 5.41) is 5.04. The van der Waals surface area contributed by atoms with Gasteiger partial charge in [0.1, 0.15) is 0 Å². The van der Waals surface area contributed by atoms with Crippen molar-refractivity contribution in [1.29, 1.82) is 0 Å². The minimum absolute atomic E-state index is 0.479. The third-order valence-corrected chi connectivity index (χ3v) is 7.50. The zero-order valence-corrected chi connectivity index (χ0v) is 14.3. The van der Waals surface area contributed by atoms with Gasteiger partial charge in [0.15, 0.2) is 0 Å². The van der Waals surface area contributed by atoms with Crippen molar-refractivity contribution in [2.45, 2.75) is 70.8 Å². The molecule has 116 valence electrons. The maximum atomic E-state index is 5.06. The van der Waals surface area contributed by atoms with E-state index in [9.17, 15) is 0 Å². The lowest BCUT2D eigenvalue weighted by Crippen LogP contribution is -2.48. The van der Waals surface area contributed by atoms with Crippen molar-refractivity contribution in [3.05, 3.63) is 15.6 Å². The molecule has 0 aromatic carbocycles. The van der Waals surface area contributed by atoms with Gasteiger partial charge in [-0.25, -0.2) is 4.98 Å². The number of hydrogen-bond donors (Lipinski definition) is 1. The normalized spacial score (nSPS) is 37.3. The average molecular weight is 305 g/mol. The predicted molar refractivity (Wildman–Crippen MR) is 88.7 cm³/mol. The summed E-state index contributed by atoms with van der Waals surface area (Å²) in [7, 11) is 0. The molecule has 1 heterocycles. The SMILES string of the molecule is CCCNCc1sc(C23CC4CC(CC(C4)C2)C3)nc1C. The molecule has 0 saturated heterocycles. The minimum atomic E-state index is 0.479. The number of rotatable bonds is 5. The zero-order valence-electron chi connectivity index (χ0n) is 13.5.